The Bertz CT molecular complexity index is 360. The summed E-state index contributed by atoms with van der Waals surface area (Å²) in [6, 6.07) is 0. The molecule has 0 atom stereocenters. The van der Waals surface area contributed by atoms with Gasteiger partial charge in [0.15, 0.2) is 0 Å². The second-order valence-electron chi connectivity index (χ2n) is 4.02. The zero-order chi connectivity index (χ0) is 12.1. The summed E-state index contributed by atoms with van der Waals surface area (Å²) in [6.07, 6.45) is 0.953. The van der Waals surface area contributed by atoms with Crippen molar-refractivity contribution in [3.63, 3.8) is 0 Å². The van der Waals surface area contributed by atoms with E-state index in [2.05, 4.69) is 10.3 Å². The molecule has 1 amide bonds. The molecular weight excluding hydrogens is 222 g/mol. The fraction of sp³-hybridized carbons (Fsp3) is 0.636. The van der Waals surface area contributed by atoms with Gasteiger partial charge in [-0.2, -0.15) is 0 Å². The quantitative estimate of drug-likeness (QED) is 0.852. The number of thiazole rings is 1. The van der Waals surface area contributed by atoms with E-state index in [1.807, 2.05) is 32.8 Å². The number of hydrogen-bond donors (Lipinski definition) is 1. The molecule has 0 aromatic carbocycles. The minimum atomic E-state index is 0.00172. The highest BCUT2D eigenvalue weighted by Crippen LogP contribution is 2.18. The number of rotatable bonds is 5. The molecule has 0 saturated carbocycles. The lowest BCUT2D eigenvalue weighted by Gasteiger charge is -2.04. The Morgan fingerprint density at radius 2 is 2.19 bits per heavy atom. The molecule has 0 aliphatic carbocycles. The van der Waals surface area contributed by atoms with Crippen LogP contribution in [-0.4, -0.2) is 36.4 Å². The largest absolute Gasteiger partial charge is 0.351 e. The molecule has 0 radical (unpaired) electrons. The predicted molar refractivity (Wildman–Crippen MR) is 66.9 cm³/mol. The number of hydrogen-bond acceptors (Lipinski definition) is 4. The van der Waals surface area contributed by atoms with E-state index < -0.39 is 0 Å². The van der Waals surface area contributed by atoms with Crippen LogP contribution in [0.4, 0.5) is 0 Å². The second-order valence-corrected chi connectivity index (χ2v) is 5.10. The Morgan fingerprint density at radius 1 is 1.50 bits per heavy atom. The number of aromatic nitrogens is 1. The number of nitrogens with one attached hydrogen (secondary N) is 1. The van der Waals surface area contributed by atoms with Crippen LogP contribution >= 0.6 is 11.3 Å². The van der Waals surface area contributed by atoms with Crippen molar-refractivity contribution in [3.05, 3.63) is 15.6 Å². The predicted octanol–water partition coefficient (Wildman–Crippen LogP) is 1.65. The second kappa shape index (κ2) is 5.96. The fourth-order valence-electron chi connectivity index (χ4n) is 1.32. The minimum Gasteiger partial charge on any atom is -0.351 e. The van der Waals surface area contributed by atoms with Crippen molar-refractivity contribution in [2.45, 2.75) is 26.8 Å². The molecule has 90 valence electrons. The number of carbonyl (C=O) groups is 1. The van der Waals surface area contributed by atoms with E-state index in [4.69, 9.17) is 0 Å². The SMILES string of the molecule is CCCNC(=O)c1sc(CN(C)C)nc1C. The summed E-state index contributed by atoms with van der Waals surface area (Å²) >= 11 is 1.48. The molecule has 4 nitrogen and oxygen atoms in total. The average molecular weight is 241 g/mol. The van der Waals surface area contributed by atoms with Crippen molar-refractivity contribution in [1.29, 1.82) is 0 Å². The van der Waals surface area contributed by atoms with Crippen LogP contribution in [-0.2, 0) is 6.54 Å². The van der Waals surface area contributed by atoms with Crippen LogP contribution in [0.2, 0.25) is 0 Å². The number of aryl methyl sites for hydroxylation is 1. The van der Waals surface area contributed by atoms with Crippen LogP contribution in [0.25, 0.3) is 0 Å². The van der Waals surface area contributed by atoms with E-state index in [0.717, 1.165) is 35.1 Å². The lowest BCUT2D eigenvalue weighted by Crippen LogP contribution is -2.23. The summed E-state index contributed by atoms with van der Waals surface area (Å²) in [6.45, 7) is 5.43. The summed E-state index contributed by atoms with van der Waals surface area (Å²) in [7, 11) is 3.99. The first kappa shape index (κ1) is 13.1. The normalized spacial score (nSPS) is 10.8. The third-order valence-corrected chi connectivity index (χ3v) is 3.18. The molecule has 16 heavy (non-hydrogen) atoms. The first-order valence-electron chi connectivity index (χ1n) is 5.43. The maximum atomic E-state index is 11.8. The molecule has 0 bridgehead atoms. The molecule has 1 N–H and O–H groups in total. The van der Waals surface area contributed by atoms with Gasteiger partial charge in [0.25, 0.3) is 5.91 Å². The van der Waals surface area contributed by atoms with E-state index in [0.29, 0.717) is 0 Å². The van der Waals surface area contributed by atoms with Crippen molar-refractivity contribution in [2.24, 2.45) is 0 Å². The molecule has 0 fully saturated rings. The first-order chi connectivity index (χ1) is 7.54. The molecule has 1 rings (SSSR count). The fourth-order valence-corrected chi connectivity index (χ4v) is 2.42. The van der Waals surface area contributed by atoms with Gasteiger partial charge in [0.05, 0.1) is 5.69 Å². The highest BCUT2D eigenvalue weighted by atomic mass is 32.1. The molecule has 5 heteroatoms. The summed E-state index contributed by atoms with van der Waals surface area (Å²) in [4.78, 5) is 19.0. The van der Waals surface area contributed by atoms with Crippen LogP contribution in [0.5, 0.6) is 0 Å². The Morgan fingerprint density at radius 3 is 2.75 bits per heavy atom. The van der Waals surface area contributed by atoms with Gasteiger partial charge in [-0.05, 0) is 27.4 Å². The third-order valence-electron chi connectivity index (χ3n) is 2.03. The van der Waals surface area contributed by atoms with Gasteiger partial charge < -0.3 is 10.2 Å². The van der Waals surface area contributed by atoms with Crippen molar-refractivity contribution in [2.75, 3.05) is 20.6 Å². The van der Waals surface area contributed by atoms with Crippen molar-refractivity contribution >= 4 is 17.2 Å². The smallest absolute Gasteiger partial charge is 0.263 e. The van der Waals surface area contributed by atoms with Gasteiger partial charge in [0.2, 0.25) is 0 Å². The molecule has 1 aromatic rings. The topological polar surface area (TPSA) is 45.2 Å². The van der Waals surface area contributed by atoms with Gasteiger partial charge in [-0.3, -0.25) is 4.79 Å². The van der Waals surface area contributed by atoms with Crippen LogP contribution in [0.3, 0.4) is 0 Å². The minimum absolute atomic E-state index is 0.00172. The number of amides is 1. The van der Waals surface area contributed by atoms with E-state index >= 15 is 0 Å². The zero-order valence-electron chi connectivity index (χ0n) is 10.3. The third kappa shape index (κ3) is 3.57. The monoisotopic (exact) mass is 241 g/mol. The molecular formula is C11H19N3OS. The Hall–Kier alpha value is -0.940. The highest BCUT2D eigenvalue weighted by molar-refractivity contribution is 7.13. The number of carbonyl (C=O) groups excluding carboxylic acids is 1. The maximum absolute atomic E-state index is 11.8. The maximum Gasteiger partial charge on any atom is 0.263 e. The average Bonchev–Trinajstić information content (AvgIpc) is 2.54. The van der Waals surface area contributed by atoms with E-state index in [9.17, 15) is 4.79 Å². The number of nitrogens with zero attached hydrogens (tertiary/aromatic N) is 2. The van der Waals surface area contributed by atoms with Crippen LogP contribution in [0.15, 0.2) is 0 Å². The molecule has 1 heterocycles. The van der Waals surface area contributed by atoms with Crippen molar-refractivity contribution < 1.29 is 4.79 Å². The van der Waals surface area contributed by atoms with Crippen LogP contribution < -0.4 is 5.32 Å². The van der Waals surface area contributed by atoms with Gasteiger partial charge >= 0.3 is 0 Å². The molecule has 0 spiro atoms. The lowest BCUT2D eigenvalue weighted by molar-refractivity contribution is 0.0957. The standard InChI is InChI=1S/C11H19N3OS/c1-5-6-12-11(15)10-8(2)13-9(16-10)7-14(3)4/h5-7H2,1-4H3,(H,12,15). The Labute approximate surface area is 101 Å². The first-order valence-corrected chi connectivity index (χ1v) is 6.25. The van der Waals surface area contributed by atoms with Crippen molar-refractivity contribution in [3.8, 4) is 0 Å². The Kier molecular flexibility index (Phi) is 4.89. The van der Waals surface area contributed by atoms with Gasteiger partial charge in [-0.15, -0.1) is 11.3 Å². The van der Waals surface area contributed by atoms with Gasteiger partial charge in [0.1, 0.15) is 9.88 Å². The van der Waals surface area contributed by atoms with Crippen LogP contribution in [0.1, 0.15) is 33.7 Å². The van der Waals surface area contributed by atoms with Crippen LogP contribution in [0, 0.1) is 6.92 Å². The highest BCUT2D eigenvalue weighted by Gasteiger charge is 2.14. The van der Waals surface area contributed by atoms with Gasteiger partial charge in [-0.1, -0.05) is 6.92 Å². The summed E-state index contributed by atoms with van der Waals surface area (Å²) in [5, 5.41) is 3.86. The van der Waals surface area contributed by atoms with Crippen molar-refractivity contribution in [1.82, 2.24) is 15.2 Å². The molecule has 0 aliphatic rings. The summed E-state index contributed by atoms with van der Waals surface area (Å²) in [5.41, 5.74) is 0.829. The molecule has 0 unspecified atom stereocenters. The molecule has 0 aliphatic heterocycles. The van der Waals surface area contributed by atoms with Gasteiger partial charge in [-0.25, -0.2) is 4.98 Å². The van der Waals surface area contributed by atoms with E-state index in [-0.39, 0.29) is 5.91 Å². The Balaban J connectivity index is 2.73. The zero-order valence-corrected chi connectivity index (χ0v) is 11.1. The van der Waals surface area contributed by atoms with E-state index in [1.165, 1.54) is 11.3 Å². The molecule has 1 aromatic heterocycles. The molecule has 0 saturated heterocycles. The van der Waals surface area contributed by atoms with E-state index in [1.54, 1.807) is 0 Å². The van der Waals surface area contributed by atoms with Gasteiger partial charge in [0, 0.05) is 13.1 Å². The summed E-state index contributed by atoms with van der Waals surface area (Å²) < 4.78 is 0. The lowest BCUT2D eigenvalue weighted by atomic mass is 10.3. The summed E-state index contributed by atoms with van der Waals surface area (Å²) in [5.74, 6) is 0.00172.